The van der Waals surface area contributed by atoms with Crippen molar-refractivity contribution in [2.45, 2.75) is 0 Å². The molecule has 0 aromatic heterocycles. The maximum atomic E-state index is 11.9. The summed E-state index contributed by atoms with van der Waals surface area (Å²) in [5.74, 6) is -1.19. The minimum Gasteiger partial charge on any atom is -0.284 e. The van der Waals surface area contributed by atoms with Gasteiger partial charge in [-0.15, -0.1) is 18.2 Å². The molecule has 0 radical (unpaired) electrons. The first-order valence-electron chi connectivity index (χ1n) is 2.11. The Morgan fingerprint density at radius 1 is 1.11 bits per heavy atom. The summed E-state index contributed by atoms with van der Waals surface area (Å²) >= 11 is 0. The zero-order valence-electron chi connectivity index (χ0n) is 4.99. The van der Waals surface area contributed by atoms with E-state index >= 15 is 0 Å². The molecule has 0 fully saturated rings. The molecule has 1 aromatic carbocycles. The number of halogens is 2. The first-order chi connectivity index (χ1) is 3.79. The number of hydrogen-bond donors (Lipinski definition) is 0. The van der Waals surface area contributed by atoms with E-state index in [2.05, 4.69) is 6.07 Å². The van der Waals surface area contributed by atoms with Gasteiger partial charge in [-0.25, -0.2) is 0 Å². The summed E-state index contributed by atoms with van der Waals surface area (Å²) in [5.41, 5.74) is 0. The SMILES string of the molecule is Fc1c[c-]cc(F)c1.[Cs+]. The Morgan fingerprint density at radius 2 is 1.56 bits per heavy atom. The maximum absolute atomic E-state index is 11.9. The third kappa shape index (κ3) is 3.75. The van der Waals surface area contributed by atoms with Crippen LogP contribution in [0.1, 0.15) is 0 Å². The molecular weight excluding hydrogens is 243 g/mol. The van der Waals surface area contributed by atoms with Crippen LogP contribution in [0.5, 0.6) is 0 Å². The Kier molecular flexibility index (Phi) is 5.49. The molecule has 1 aromatic rings. The number of rotatable bonds is 0. The van der Waals surface area contributed by atoms with Gasteiger partial charge in [0.2, 0.25) is 0 Å². The Bertz CT molecular complexity index is 171. The van der Waals surface area contributed by atoms with E-state index in [-0.39, 0.29) is 68.9 Å². The van der Waals surface area contributed by atoms with Crippen LogP contribution in [-0.2, 0) is 0 Å². The molecule has 0 N–H and O–H groups in total. The number of hydrogen-bond acceptors (Lipinski definition) is 0. The van der Waals surface area contributed by atoms with Gasteiger partial charge in [-0.3, -0.25) is 8.78 Å². The van der Waals surface area contributed by atoms with Gasteiger partial charge in [0.1, 0.15) is 0 Å². The largest absolute Gasteiger partial charge is 1.00 e. The molecule has 0 spiro atoms. The molecule has 42 valence electrons. The second kappa shape index (κ2) is 4.87. The van der Waals surface area contributed by atoms with E-state index < -0.39 is 11.6 Å². The molecule has 0 amide bonds. The van der Waals surface area contributed by atoms with E-state index in [0.29, 0.717) is 0 Å². The van der Waals surface area contributed by atoms with Crippen LogP contribution in [0.25, 0.3) is 0 Å². The molecule has 0 unspecified atom stereocenters. The summed E-state index contributed by atoms with van der Waals surface area (Å²) in [5, 5.41) is 0. The molecule has 0 saturated heterocycles. The minimum atomic E-state index is -0.593. The molecule has 0 nitrogen and oxygen atoms in total. The van der Waals surface area contributed by atoms with Crippen molar-refractivity contribution >= 4 is 0 Å². The van der Waals surface area contributed by atoms with E-state index in [1.54, 1.807) is 0 Å². The summed E-state index contributed by atoms with van der Waals surface area (Å²) in [4.78, 5) is 0. The second-order valence-corrected chi connectivity index (χ2v) is 1.37. The van der Waals surface area contributed by atoms with Gasteiger partial charge in [0.15, 0.2) is 0 Å². The Labute approximate surface area is 111 Å². The van der Waals surface area contributed by atoms with Crippen LogP contribution in [0.3, 0.4) is 0 Å². The van der Waals surface area contributed by atoms with E-state index in [9.17, 15) is 8.78 Å². The monoisotopic (exact) mass is 246 g/mol. The van der Waals surface area contributed by atoms with Crippen molar-refractivity contribution in [3.63, 3.8) is 0 Å². The standard InChI is InChI=1S/C6H3F2.Cs/c7-5-2-1-3-6(8)4-5;/h2-4H;/q-1;+1. The van der Waals surface area contributed by atoms with Gasteiger partial charge in [-0.2, -0.15) is 6.07 Å². The predicted octanol–water partition coefficient (Wildman–Crippen LogP) is -1.23. The van der Waals surface area contributed by atoms with Gasteiger partial charge in [0.25, 0.3) is 0 Å². The van der Waals surface area contributed by atoms with Crippen molar-refractivity contribution in [1.82, 2.24) is 0 Å². The predicted molar refractivity (Wildman–Crippen MR) is 25.2 cm³/mol. The molecule has 0 atom stereocenters. The summed E-state index contributed by atoms with van der Waals surface area (Å²) in [6, 6.07) is 5.23. The fourth-order valence-corrected chi connectivity index (χ4v) is 0.416. The van der Waals surface area contributed by atoms with Crippen LogP contribution < -0.4 is 68.9 Å². The zero-order valence-corrected chi connectivity index (χ0v) is 11.3. The summed E-state index contributed by atoms with van der Waals surface area (Å²) < 4.78 is 23.8. The minimum absolute atomic E-state index is 0. The molecule has 0 aliphatic heterocycles. The third-order valence-electron chi connectivity index (χ3n) is 0.718. The van der Waals surface area contributed by atoms with Gasteiger partial charge < -0.3 is 0 Å². The Hall–Kier alpha value is 1.13. The van der Waals surface area contributed by atoms with E-state index in [0.717, 1.165) is 18.2 Å². The summed E-state index contributed by atoms with van der Waals surface area (Å²) in [6.07, 6.45) is 0. The van der Waals surface area contributed by atoms with Gasteiger partial charge in [-0.05, 0) is 0 Å². The van der Waals surface area contributed by atoms with E-state index in [1.807, 2.05) is 0 Å². The molecule has 0 aliphatic rings. The van der Waals surface area contributed by atoms with E-state index in [4.69, 9.17) is 0 Å². The van der Waals surface area contributed by atoms with Crippen LogP contribution in [0.4, 0.5) is 8.78 Å². The van der Waals surface area contributed by atoms with Crippen LogP contribution >= 0.6 is 0 Å². The van der Waals surface area contributed by atoms with Crippen molar-refractivity contribution in [3.05, 3.63) is 35.9 Å². The molecule has 1 rings (SSSR count). The molecule has 0 heterocycles. The molecule has 0 saturated carbocycles. The molecular formula is C6H3CsF2. The Balaban J connectivity index is 0.000000640. The molecule has 9 heavy (non-hydrogen) atoms. The molecule has 3 heteroatoms. The fourth-order valence-electron chi connectivity index (χ4n) is 0.416. The topological polar surface area (TPSA) is 0 Å². The van der Waals surface area contributed by atoms with Crippen molar-refractivity contribution in [1.29, 1.82) is 0 Å². The van der Waals surface area contributed by atoms with Gasteiger partial charge in [-0.1, -0.05) is 0 Å². The quantitative estimate of drug-likeness (QED) is 0.503. The van der Waals surface area contributed by atoms with E-state index in [1.165, 1.54) is 0 Å². The maximum Gasteiger partial charge on any atom is 1.00 e. The molecule has 0 aliphatic carbocycles. The van der Waals surface area contributed by atoms with Crippen LogP contribution in [0.15, 0.2) is 18.2 Å². The Morgan fingerprint density at radius 3 is 1.78 bits per heavy atom. The van der Waals surface area contributed by atoms with Gasteiger partial charge in [0.05, 0.1) is 0 Å². The van der Waals surface area contributed by atoms with Gasteiger partial charge in [0, 0.05) is 11.6 Å². The first-order valence-corrected chi connectivity index (χ1v) is 2.11. The number of benzene rings is 1. The van der Waals surface area contributed by atoms with Crippen molar-refractivity contribution in [2.75, 3.05) is 0 Å². The third-order valence-corrected chi connectivity index (χ3v) is 0.718. The summed E-state index contributed by atoms with van der Waals surface area (Å²) in [6.45, 7) is 0. The van der Waals surface area contributed by atoms with Crippen LogP contribution in [0, 0.1) is 17.7 Å². The fraction of sp³-hybridized carbons (Fsp3) is 0. The van der Waals surface area contributed by atoms with Gasteiger partial charge >= 0.3 is 68.9 Å². The second-order valence-electron chi connectivity index (χ2n) is 1.37. The first kappa shape index (κ1) is 10.1. The zero-order chi connectivity index (χ0) is 5.98. The van der Waals surface area contributed by atoms with Crippen molar-refractivity contribution < 1.29 is 77.7 Å². The average Bonchev–Trinajstić information content (AvgIpc) is 1.64. The average molecular weight is 246 g/mol. The van der Waals surface area contributed by atoms with Crippen LogP contribution in [-0.4, -0.2) is 0 Å². The normalized spacial score (nSPS) is 8.22. The smallest absolute Gasteiger partial charge is 0.284 e. The summed E-state index contributed by atoms with van der Waals surface area (Å²) in [7, 11) is 0. The van der Waals surface area contributed by atoms with Crippen LogP contribution in [0.2, 0.25) is 0 Å². The van der Waals surface area contributed by atoms with Crippen molar-refractivity contribution in [2.24, 2.45) is 0 Å². The van der Waals surface area contributed by atoms with Crippen molar-refractivity contribution in [3.8, 4) is 0 Å². The molecule has 0 bridgehead atoms.